The van der Waals surface area contributed by atoms with Crippen molar-refractivity contribution >= 4 is 26.8 Å². The summed E-state index contributed by atoms with van der Waals surface area (Å²) in [4.78, 5) is 20.5. The van der Waals surface area contributed by atoms with Gasteiger partial charge >= 0.3 is 0 Å². The van der Waals surface area contributed by atoms with Crippen LogP contribution >= 0.6 is 0 Å². The molecule has 3 heterocycles. The van der Waals surface area contributed by atoms with Crippen molar-refractivity contribution in [3.05, 3.63) is 102 Å². The van der Waals surface area contributed by atoms with Crippen molar-refractivity contribution in [3.63, 3.8) is 0 Å². The number of sulfone groups is 1. The van der Waals surface area contributed by atoms with Crippen LogP contribution in [0, 0.1) is 0 Å². The SMILES string of the molecule is CS(=O)(=O)c1nccc(-c2cccnc2OC2C=CC(Nc3nc4ccccc4[nH]3)=C3CC=CC=C32)n1. The molecule has 0 radical (unpaired) electrons. The molecule has 2 aliphatic rings. The molecule has 1 unspecified atom stereocenters. The van der Waals surface area contributed by atoms with E-state index in [1.165, 1.54) is 6.20 Å². The van der Waals surface area contributed by atoms with Gasteiger partial charge in [-0.25, -0.2) is 28.4 Å². The molecule has 0 saturated carbocycles. The Balaban J connectivity index is 1.30. The summed E-state index contributed by atoms with van der Waals surface area (Å²) in [7, 11) is -3.56. The Hall–Kier alpha value is -4.57. The number of benzene rings is 1. The summed E-state index contributed by atoms with van der Waals surface area (Å²) >= 11 is 0. The van der Waals surface area contributed by atoms with E-state index >= 15 is 0 Å². The second kappa shape index (κ2) is 9.14. The van der Waals surface area contributed by atoms with Crippen molar-refractivity contribution in [2.45, 2.75) is 17.7 Å². The molecular formula is C27H22N6O3S. The molecule has 0 spiro atoms. The van der Waals surface area contributed by atoms with E-state index in [0.29, 0.717) is 23.1 Å². The maximum Gasteiger partial charge on any atom is 0.247 e. The van der Waals surface area contributed by atoms with Crippen LogP contribution in [0.1, 0.15) is 6.42 Å². The van der Waals surface area contributed by atoms with Gasteiger partial charge in [0.05, 0.1) is 22.3 Å². The van der Waals surface area contributed by atoms with Crippen molar-refractivity contribution in [3.8, 4) is 17.1 Å². The lowest BCUT2D eigenvalue weighted by molar-refractivity contribution is 0.274. The minimum Gasteiger partial charge on any atom is -0.465 e. The number of pyridine rings is 1. The van der Waals surface area contributed by atoms with Gasteiger partial charge < -0.3 is 15.0 Å². The predicted octanol–water partition coefficient (Wildman–Crippen LogP) is 4.39. The minimum absolute atomic E-state index is 0.246. The third kappa shape index (κ3) is 4.54. The van der Waals surface area contributed by atoms with E-state index in [0.717, 1.165) is 40.6 Å². The van der Waals surface area contributed by atoms with Gasteiger partial charge in [0.25, 0.3) is 0 Å². The van der Waals surface area contributed by atoms with E-state index in [1.807, 2.05) is 48.6 Å². The Morgan fingerprint density at radius 2 is 1.95 bits per heavy atom. The van der Waals surface area contributed by atoms with Crippen LogP contribution in [-0.2, 0) is 9.84 Å². The number of anilines is 1. The Bertz CT molecular complexity index is 1720. The Morgan fingerprint density at radius 3 is 2.81 bits per heavy atom. The van der Waals surface area contributed by atoms with Crippen LogP contribution in [0.15, 0.2) is 107 Å². The van der Waals surface area contributed by atoms with E-state index < -0.39 is 15.9 Å². The lowest BCUT2D eigenvalue weighted by Crippen LogP contribution is -2.24. The molecule has 1 aromatic carbocycles. The first-order valence-corrected chi connectivity index (χ1v) is 13.5. The molecule has 37 heavy (non-hydrogen) atoms. The van der Waals surface area contributed by atoms with Crippen molar-refractivity contribution in [2.75, 3.05) is 11.6 Å². The van der Waals surface area contributed by atoms with Crippen LogP contribution in [0.2, 0.25) is 0 Å². The molecule has 0 bridgehead atoms. The third-order valence-electron chi connectivity index (χ3n) is 6.04. The van der Waals surface area contributed by atoms with E-state index in [4.69, 9.17) is 4.74 Å². The number of para-hydroxylation sites is 2. The molecule has 4 aromatic rings. The molecule has 9 nitrogen and oxygen atoms in total. The third-order valence-corrected chi connectivity index (χ3v) is 6.90. The number of hydrogen-bond acceptors (Lipinski definition) is 8. The summed E-state index contributed by atoms with van der Waals surface area (Å²) in [6.07, 6.45) is 14.5. The number of nitrogens with one attached hydrogen (secondary N) is 2. The normalized spacial score (nSPS) is 17.0. The number of ether oxygens (including phenoxy) is 1. The Kier molecular flexibility index (Phi) is 5.65. The summed E-state index contributed by atoms with van der Waals surface area (Å²) in [6.45, 7) is 0. The largest absolute Gasteiger partial charge is 0.465 e. The summed E-state index contributed by atoms with van der Waals surface area (Å²) in [5, 5.41) is 3.17. The second-order valence-corrected chi connectivity index (χ2v) is 10.5. The molecule has 0 fully saturated rings. The van der Waals surface area contributed by atoms with Crippen LogP contribution in [-0.4, -0.2) is 45.7 Å². The fourth-order valence-corrected chi connectivity index (χ4v) is 4.84. The van der Waals surface area contributed by atoms with E-state index in [9.17, 15) is 8.42 Å². The summed E-state index contributed by atoms with van der Waals surface area (Å²) in [6, 6.07) is 13.1. The number of hydrogen-bond donors (Lipinski definition) is 2. The summed E-state index contributed by atoms with van der Waals surface area (Å²) in [5.74, 6) is 1.01. The van der Waals surface area contributed by atoms with Crippen molar-refractivity contribution in [2.24, 2.45) is 0 Å². The smallest absolute Gasteiger partial charge is 0.247 e. The average Bonchev–Trinajstić information content (AvgIpc) is 3.32. The van der Waals surface area contributed by atoms with Crippen LogP contribution < -0.4 is 10.1 Å². The minimum atomic E-state index is -3.56. The highest BCUT2D eigenvalue weighted by Gasteiger charge is 2.26. The van der Waals surface area contributed by atoms with Gasteiger partial charge in [-0.3, -0.25) is 0 Å². The van der Waals surface area contributed by atoms with Gasteiger partial charge in [-0.2, -0.15) is 0 Å². The van der Waals surface area contributed by atoms with E-state index in [1.54, 1.807) is 24.4 Å². The highest BCUT2D eigenvalue weighted by molar-refractivity contribution is 7.90. The van der Waals surface area contributed by atoms with E-state index in [2.05, 4.69) is 36.3 Å². The van der Waals surface area contributed by atoms with Gasteiger partial charge in [0.2, 0.25) is 26.8 Å². The Labute approximate surface area is 213 Å². The molecule has 10 heteroatoms. The quantitative estimate of drug-likeness (QED) is 0.366. The molecule has 184 valence electrons. The first-order chi connectivity index (χ1) is 18.0. The predicted molar refractivity (Wildman–Crippen MR) is 141 cm³/mol. The van der Waals surface area contributed by atoms with Crippen LogP contribution in [0.25, 0.3) is 22.3 Å². The highest BCUT2D eigenvalue weighted by Crippen LogP contribution is 2.35. The molecule has 0 amide bonds. The maximum atomic E-state index is 12.0. The molecule has 0 aliphatic heterocycles. The number of aromatic nitrogens is 5. The number of aromatic amines is 1. The summed E-state index contributed by atoms with van der Waals surface area (Å²) in [5.41, 5.74) is 5.87. The van der Waals surface area contributed by atoms with Crippen LogP contribution in [0.5, 0.6) is 5.88 Å². The number of rotatable bonds is 6. The highest BCUT2D eigenvalue weighted by atomic mass is 32.2. The first-order valence-electron chi connectivity index (χ1n) is 11.6. The lowest BCUT2D eigenvalue weighted by Gasteiger charge is -2.28. The zero-order chi connectivity index (χ0) is 25.4. The zero-order valence-electron chi connectivity index (χ0n) is 19.8. The lowest BCUT2D eigenvalue weighted by atomic mass is 9.88. The average molecular weight is 511 g/mol. The molecule has 0 saturated heterocycles. The monoisotopic (exact) mass is 510 g/mol. The van der Waals surface area contributed by atoms with Crippen molar-refractivity contribution in [1.29, 1.82) is 0 Å². The molecular weight excluding hydrogens is 488 g/mol. The van der Waals surface area contributed by atoms with Crippen LogP contribution in [0.3, 0.4) is 0 Å². The number of imidazole rings is 1. The van der Waals surface area contributed by atoms with Crippen LogP contribution in [0.4, 0.5) is 5.95 Å². The van der Waals surface area contributed by atoms with Gasteiger partial charge in [-0.05, 0) is 54.5 Å². The summed E-state index contributed by atoms with van der Waals surface area (Å²) < 4.78 is 30.3. The second-order valence-electron chi connectivity index (χ2n) is 8.62. The molecule has 3 aromatic heterocycles. The zero-order valence-corrected chi connectivity index (χ0v) is 20.6. The fourth-order valence-electron chi connectivity index (χ4n) is 4.32. The molecule has 2 N–H and O–H groups in total. The van der Waals surface area contributed by atoms with Gasteiger partial charge in [-0.15, -0.1) is 0 Å². The number of nitrogens with zero attached hydrogens (tertiary/aromatic N) is 4. The maximum absolute atomic E-state index is 12.0. The molecule has 1 atom stereocenters. The molecule has 6 rings (SSSR count). The van der Waals surface area contributed by atoms with Gasteiger partial charge in [0, 0.05) is 29.9 Å². The van der Waals surface area contributed by atoms with Crippen molar-refractivity contribution in [1.82, 2.24) is 24.9 Å². The van der Waals surface area contributed by atoms with E-state index in [-0.39, 0.29) is 5.16 Å². The number of allylic oxidation sites excluding steroid dienone is 4. The topological polar surface area (TPSA) is 123 Å². The first kappa shape index (κ1) is 22.9. The number of H-pyrrole nitrogens is 1. The van der Waals surface area contributed by atoms with Crippen molar-refractivity contribution < 1.29 is 13.2 Å². The van der Waals surface area contributed by atoms with Gasteiger partial charge in [-0.1, -0.05) is 30.4 Å². The Morgan fingerprint density at radius 1 is 1.05 bits per heavy atom. The fraction of sp³-hybridized carbons (Fsp3) is 0.111. The van der Waals surface area contributed by atoms with Gasteiger partial charge in [0.15, 0.2) is 0 Å². The van der Waals surface area contributed by atoms with Gasteiger partial charge in [0.1, 0.15) is 6.10 Å². The number of fused-ring (bicyclic) bond motifs is 2. The molecule has 2 aliphatic carbocycles. The standard InChI is InChI=1S/C27H22N6O3S/c1-37(34,35)27-29-16-14-21(33-27)19-9-6-15-28-25(19)36-24-13-12-20(17-7-2-3-8-18(17)24)30-26-31-22-10-4-5-11-23(22)32-26/h2-6,8-16,24H,7H2,1H3,(H2,30,31,32).